The van der Waals surface area contributed by atoms with E-state index in [9.17, 15) is 14.9 Å². The van der Waals surface area contributed by atoms with Gasteiger partial charge in [0.25, 0.3) is 5.69 Å². The van der Waals surface area contributed by atoms with Gasteiger partial charge in [0, 0.05) is 5.02 Å². The van der Waals surface area contributed by atoms with Gasteiger partial charge in [-0.25, -0.2) is 0 Å². The van der Waals surface area contributed by atoms with Crippen LogP contribution in [0.2, 0.25) is 10.0 Å². The van der Waals surface area contributed by atoms with Crippen molar-refractivity contribution in [3.05, 3.63) is 67.7 Å². The minimum atomic E-state index is -1.09. The van der Waals surface area contributed by atoms with E-state index in [0.29, 0.717) is 5.56 Å². The zero-order chi connectivity index (χ0) is 17.9. The minimum Gasteiger partial charge on any atom is -0.495 e. The summed E-state index contributed by atoms with van der Waals surface area (Å²) < 4.78 is 9.82. The monoisotopic (exact) mass is 369 g/mol. The summed E-state index contributed by atoms with van der Waals surface area (Å²) in [6.45, 7) is 0. The Morgan fingerprint density at radius 3 is 2.33 bits per heavy atom. The maximum absolute atomic E-state index is 12.3. The van der Waals surface area contributed by atoms with Crippen LogP contribution in [0.1, 0.15) is 17.0 Å². The first kappa shape index (κ1) is 18.0. The number of hydrogen-bond acceptors (Lipinski definition) is 5. The number of nitrogens with zero attached hydrogens (tertiary/aromatic N) is 1. The van der Waals surface area contributed by atoms with Gasteiger partial charge in [-0.2, -0.15) is 0 Å². The van der Waals surface area contributed by atoms with E-state index in [2.05, 4.69) is 0 Å². The molecule has 0 N–H and O–H groups in total. The molecule has 126 valence electrons. The van der Waals surface area contributed by atoms with Crippen molar-refractivity contribution in [3.8, 4) is 5.75 Å². The van der Waals surface area contributed by atoms with E-state index in [1.807, 2.05) is 0 Å². The van der Waals surface area contributed by atoms with Crippen LogP contribution >= 0.6 is 23.2 Å². The van der Waals surface area contributed by atoms with E-state index in [1.165, 1.54) is 26.4 Å². The largest absolute Gasteiger partial charge is 0.495 e. The van der Waals surface area contributed by atoms with Gasteiger partial charge in [0.05, 0.1) is 35.8 Å². The fourth-order valence-electron chi connectivity index (χ4n) is 2.35. The number of carbonyl (C=O) groups is 1. The molecule has 0 heterocycles. The smallest absolute Gasteiger partial charge is 0.317 e. The van der Waals surface area contributed by atoms with Crippen LogP contribution in [0.4, 0.5) is 5.69 Å². The molecule has 0 radical (unpaired) electrons. The lowest BCUT2D eigenvalue weighted by Gasteiger charge is -2.18. The summed E-state index contributed by atoms with van der Waals surface area (Å²) in [6.07, 6.45) is 0. The van der Waals surface area contributed by atoms with E-state index in [0.717, 1.165) is 0 Å². The fourth-order valence-corrected chi connectivity index (χ4v) is 2.85. The van der Waals surface area contributed by atoms with E-state index in [1.54, 1.807) is 24.3 Å². The van der Waals surface area contributed by atoms with Crippen molar-refractivity contribution in [1.82, 2.24) is 0 Å². The molecule has 2 aromatic carbocycles. The van der Waals surface area contributed by atoms with Crippen LogP contribution in [0, 0.1) is 10.1 Å². The number of carbonyl (C=O) groups excluding carboxylic acids is 1. The van der Waals surface area contributed by atoms with E-state index in [-0.39, 0.29) is 27.0 Å². The molecule has 0 fully saturated rings. The van der Waals surface area contributed by atoms with Crippen LogP contribution in [0.15, 0.2) is 36.4 Å². The molecule has 6 nitrogen and oxygen atoms in total. The number of nitro benzene ring substituents is 1. The molecule has 0 amide bonds. The third-order valence-electron chi connectivity index (χ3n) is 3.46. The van der Waals surface area contributed by atoms with Crippen molar-refractivity contribution >= 4 is 34.9 Å². The van der Waals surface area contributed by atoms with Gasteiger partial charge >= 0.3 is 5.97 Å². The normalized spacial score (nSPS) is 11.7. The average Bonchev–Trinajstić information content (AvgIpc) is 2.56. The van der Waals surface area contributed by atoms with Crippen molar-refractivity contribution in [3.63, 3.8) is 0 Å². The number of nitro groups is 1. The molecule has 2 aromatic rings. The number of hydrogen-bond donors (Lipinski definition) is 0. The summed E-state index contributed by atoms with van der Waals surface area (Å²) in [5.41, 5.74) is 0.146. The van der Waals surface area contributed by atoms with Crippen molar-refractivity contribution in [2.75, 3.05) is 14.2 Å². The van der Waals surface area contributed by atoms with Crippen LogP contribution < -0.4 is 4.74 Å². The Morgan fingerprint density at radius 1 is 1.12 bits per heavy atom. The second-order valence-electron chi connectivity index (χ2n) is 4.78. The predicted molar refractivity (Wildman–Crippen MR) is 90.0 cm³/mol. The Labute approximate surface area is 148 Å². The van der Waals surface area contributed by atoms with Crippen LogP contribution in [-0.2, 0) is 9.53 Å². The van der Waals surface area contributed by atoms with Crippen LogP contribution in [0.5, 0.6) is 5.75 Å². The number of rotatable bonds is 5. The molecule has 0 aliphatic rings. The molecule has 8 heteroatoms. The highest BCUT2D eigenvalue weighted by atomic mass is 35.5. The van der Waals surface area contributed by atoms with E-state index >= 15 is 0 Å². The van der Waals surface area contributed by atoms with Crippen molar-refractivity contribution in [2.24, 2.45) is 0 Å². The Hall–Kier alpha value is -2.31. The first-order chi connectivity index (χ1) is 11.4. The summed E-state index contributed by atoms with van der Waals surface area (Å²) in [5, 5.41) is 11.9. The molecular weight excluding hydrogens is 357 g/mol. The molecule has 0 aliphatic heterocycles. The molecule has 0 bridgehead atoms. The highest BCUT2D eigenvalue weighted by molar-refractivity contribution is 6.32. The summed E-state index contributed by atoms with van der Waals surface area (Å²) in [7, 11) is 2.54. The van der Waals surface area contributed by atoms with Gasteiger partial charge in [-0.1, -0.05) is 41.4 Å². The lowest BCUT2D eigenvalue weighted by Crippen LogP contribution is -2.17. The topological polar surface area (TPSA) is 78.7 Å². The van der Waals surface area contributed by atoms with E-state index in [4.69, 9.17) is 32.7 Å². The summed E-state index contributed by atoms with van der Waals surface area (Å²) in [4.78, 5) is 23.2. The quantitative estimate of drug-likeness (QED) is 0.447. The summed E-state index contributed by atoms with van der Waals surface area (Å²) in [6, 6.07) is 9.05. The molecule has 0 saturated heterocycles. The van der Waals surface area contributed by atoms with Gasteiger partial charge in [0.15, 0.2) is 0 Å². The van der Waals surface area contributed by atoms with Gasteiger partial charge in [-0.3, -0.25) is 14.9 Å². The number of ether oxygens (including phenoxy) is 2. The van der Waals surface area contributed by atoms with Crippen LogP contribution in [-0.4, -0.2) is 25.1 Å². The second-order valence-corrected chi connectivity index (χ2v) is 5.59. The molecule has 0 aromatic heterocycles. The number of methoxy groups -OCH3 is 2. The number of benzene rings is 2. The van der Waals surface area contributed by atoms with Crippen LogP contribution in [0.3, 0.4) is 0 Å². The zero-order valence-electron chi connectivity index (χ0n) is 12.8. The maximum Gasteiger partial charge on any atom is 0.317 e. The molecular formula is C16H13Cl2NO5. The van der Waals surface area contributed by atoms with Crippen molar-refractivity contribution < 1.29 is 19.2 Å². The molecule has 0 spiro atoms. The lowest BCUT2D eigenvalue weighted by atomic mass is 9.90. The Kier molecular flexibility index (Phi) is 5.64. The highest BCUT2D eigenvalue weighted by Gasteiger charge is 2.33. The van der Waals surface area contributed by atoms with Crippen molar-refractivity contribution in [1.29, 1.82) is 0 Å². The summed E-state index contributed by atoms with van der Waals surface area (Å²) in [5.74, 6) is -1.64. The molecule has 0 aliphatic carbocycles. The lowest BCUT2D eigenvalue weighted by molar-refractivity contribution is -0.385. The molecule has 24 heavy (non-hydrogen) atoms. The molecule has 1 atom stereocenters. The standard InChI is InChI=1S/C16H13Cl2NO5/c1-23-14-8-13(19(21)22)10(7-12(14)18)15(16(20)24-2)9-5-3-4-6-11(9)17/h3-8,15H,1-2H3. The molecule has 0 saturated carbocycles. The highest BCUT2D eigenvalue weighted by Crippen LogP contribution is 2.40. The predicted octanol–water partition coefficient (Wildman–Crippen LogP) is 4.22. The fraction of sp³-hybridized carbons (Fsp3) is 0.188. The number of halogens is 2. The second kappa shape index (κ2) is 7.51. The van der Waals surface area contributed by atoms with Gasteiger partial charge < -0.3 is 9.47 Å². The first-order valence-corrected chi connectivity index (χ1v) is 7.50. The van der Waals surface area contributed by atoms with Crippen molar-refractivity contribution in [2.45, 2.75) is 5.92 Å². The van der Waals surface area contributed by atoms with Crippen LogP contribution in [0.25, 0.3) is 0 Å². The molecule has 2 rings (SSSR count). The Balaban J connectivity index is 2.76. The minimum absolute atomic E-state index is 0.0748. The van der Waals surface area contributed by atoms with E-state index < -0.39 is 16.8 Å². The first-order valence-electron chi connectivity index (χ1n) is 6.74. The average molecular weight is 370 g/mol. The third-order valence-corrected chi connectivity index (χ3v) is 4.10. The zero-order valence-corrected chi connectivity index (χ0v) is 14.3. The van der Waals surface area contributed by atoms with Gasteiger partial charge in [0.1, 0.15) is 11.7 Å². The maximum atomic E-state index is 12.3. The SMILES string of the molecule is COC(=O)C(c1ccccc1Cl)c1cc(Cl)c(OC)cc1[N+](=O)[O-]. The summed E-state index contributed by atoms with van der Waals surface area (Å²) >= 11 is 12.3. The van der Waals surface area contributed by atoms with Gasteiger partial charge in [-0.05, 0) is 17.7 Å². The number of esters is 1. The Morgan fingerprint density at radius 2 is 1.79 bits per heavy atom. The molecule has 1 unspecified atom stereocenters. The van der Waals surface area contributed by atoms with Gasteiger partial charge in [-0.15, -0.1) is 0 Å². The van der Waals surface area contributed by atoms with Gasteiger partial charge in [0.2, 0.25) is 0 Å². The third kappa shape index (κ3) is 3.44. The Bertz CT molecular complexity index is 794.